The minimum Gasteiger partial charge on any atom is -0.428 e. The van der Waals surface area contributed by atoms with E-state index in [1.165, 1.54) is 18.9 Å². The molecule has 1 nitrogen and oxygen atoms in total. The molecule has 0 saturated carbocycles. The van der Waals surface area contributed by atoms with Crippen LogP contribution in [0.25, 0.3) is 0 Å². The summed E-state index contributed by atoms with van der Waals surface area (Å²) in [7, 11) is -0.329. The Bertz CT molecular complexity index is 85.8. The van der Waals surface area contributed by atoms with Crippen molar-refractivity contribution >= 4 is 29.2 Å². The normalized spacial score (nSPS) is 29.1. The third-order valence-corrected chi connectivity index (χ3v) is 10.3. The van der Waals surface area contributed by atoms with Gasteiger partial charge in [0.15, 0.2) is 0 Å². The second-order valence-corrected chi connectivity index (χ2v) is 11.4. The van der Waals surface area contributed by atoms with Crippen LogP contribution in [0.2, 0.25) is 12.1 Å². The van der Waals surface area contributed by atoms with E-state index >= 15 is 0 Å². The third kappa shape index (κ3) is 3.19. The monoisotopic (exact) mass is 194 g/mol. The van der Waals surface area contributed by atoms with Crippen LogP contribution in [0.5, 0.6) is 0 Å². The molecule has 0 aliphatic carbocycles. The number of halogens is 1. The van der Waals surface area contributed by atoms with Crippen LogP contribution in [0.4, 0.5) is 0 Å². The molecule has 1 rings (SSSR count). The predicted octanol–water partition coefficient (Wildman–Crippen LogP) is 0.843. The van der Waals surface area contributed by atoms with Crippen LogP contribution in [-0.2, 0) is 4.43 Å². The fourth-order valence-electron chi connectivity index (χ4n) is 1.40. The van der Waals surface area contributed by atoms with E-state index in [9.17, 15) is 0 Å². The molecule has 0 bridgehead atoms. The summed E-state index contributed by atoms with van der Waals surface area (Å²) in [4.78, 5) is 0. The Balaban J connectivity index is 2.02. The Morgan fingerprint density at radius 1 is 1.60 bits per heavy atom. The van der Waals surface area contributed by atoms with Crippen LogP contribution in [0.3, 0.4) is 0 Å². The van der Waals surface area contributed by atoms with Crippen LogP contribution in [-0.4, -0.2) is 30.1 Å². The van der Waals surface area contributed by atoms with Gasteiger partial charge in [0.25, 0.3) is 0 Å². The highest BCUT2D eigenvalue weighted by Crippen LogP contribution is 2.10. The first-order valence-corrected chi connectivity index (χ1v) is 10.1. The zero-order valence-electron chi connectivity index (χ0n) is 6.31. The van der Waals surface area contributed by atoms with E-state index < -0.39 is 0 Å². The van der Waals surface area contributed by atoms with Crippen molar-refractivity contribution in [2.45, 2.75) is 24.9 Å². The van der Waals surface area contributed by atoms with Crippen molar-refractivity contribution in [1.82, 2.24) is 0 Å². The van der Waals surface area contributed by atoms with Gasteiger partial charge in [-0.25, -0.2) is 0 Å². The van der Waals surface area contributed by atoms with Gasteiger partial charge in [-0.1, -0.05) is 12.1 Å². The van der Waals surface area contributed by atoms with Gasteiger partial charge in [0.2, 0.25) is 0 Å². The van der Waals surface area contributed by atoms with Crippen LogP contribution in [0.1, 0.15) is 12.8 Å². The fourth-order valence-corrected chi connectivity index (χ4v) is 8.90. The number of hydrogen-bond acceptors (Lipinski definition) is 1. The summed E-state index contributed by atoms with van der Waals surface area (Å²) in [6.07, 6.45) is 2.58. The smallest absolute Gasteiger partial charge is 0.147 e. The van der Waals surface area contributed by atoms with Crippen molar-refractivity contribution in [3.63, 3.8) is 0 Å². The highest BCUT2D eigenvalue weighted by atomic mass is 35.5. The van der Waals surface area contributed by atoms with Gasteiger partial charge in [0, 0.05) is 12.5 Å². The van der Waals surface area contributed by atoms with E-state index in [1.54, 1.807) is 6.04 Å². The van der Waals surface area contributed by atoms with E-state index in [0.29, 0.717) is 0 Å². The summed E-state index contributed by atoms with van der Waals surface area (Å²) < 4.78 is 5.54. The predicted molar refractivity (Wildman–Crippen MR) is 51.2 cm³/mol. The highest BCUT2D eigenvalue weighted by molar-refractivity contribution is 7.10. The van der Waals surface area contributed by atoms with Crippen LogP contribution in [0.15, 0.2) is 0 Å². The van der Waals surface area contributed by atoms with Gasteiger partial charge in [0.05, 0.1) is 8.31 Å². The van der Waals surface area contributed by atoms with Gasteiger partial charge in [0.1, 0.15) is 9.28 Å². The molecule has 0 amide bonds. The number of alkyl halides is 1. The summed E-state index contributed by atoms with van der Waals surface area (Å²) in [6, 6.07) is 3.00. The maximum Gasteiger partial charge on any atom is 0.147 e. The lowest BCUT2D eigenvalue weighted by atomic mass is 10.5. The first-order chi connectivity index (χ1) is 4.93. The molecular weight excluding hydrogens is 180 g/mol. The molecule has 0 N–H and O–H groups in total. The summed E-state index contributed by atoms with van der Waals surface area (Å²) in [6.45, 7) is 1.07. The topological polar surface area (TPSA) is 9.23 Å². The van der Waals surface area contributed by atoms with E-state index in [2.05, 4.69) is 0 Å². The van der Waals surface area contributed by atoms with Crippen molar-refractivity contribution in [3.8, 4) is 0 Å². The molecule has 0 aromatic rings. The lowest BCUT2D eigenvalue weighted by Crippen LogP contribution is -2.29. The second-order valence-electron chi connectivity index (χ2n) is 2.91. The SMILES string of the molecule is ClCCC[SiH]1CCCO[SiH2]1. The van der Waals surface area contributed by atoms with Crippen molar-refractivity contribution < 1.29 is 4.43 Å². The maximum absolute atomic E-state index is 5.62. The van der Waals surface area contributed by atoms with Crippen LogP contribution < -0.4 is 0 Å². The van der Waals surface area contributed by atoms with Crippen LogP contribution >= 0.6 is 11.6 Å². The fraction of sp³-hybridized carbons (Fsp3) is 1.00. The van der Waals surface area contributed by atoms with E-state index in [1.807, 2.05) is 0 Å². The molecule has 1 unspecified atom stereocenters. The molecule has 10 heavy (non-hydrogen) atoms. The molecular formula is C6H15ClOSi2. The van der Waals surface area contributed by atoms with Crippen molar-refractivity contribution in [2.75, 3.05) is 12.5 Å². The Morgan fingerprint density at radius 3 is 3.10 bits per heavy atom. The summed E-state index contributed by atoms with van der Waals surface area (Å²) >= 11 is 5.62. The molecule has 0 aromatic carbocycles. The van der Waals surface area contributed by atoms with Crippen molar-refractivity contribution in [3.05, 3.63) is 0 Å². The van der Waals surface area contributed by atoms with Gasteiger partial charge >= 0.3 is 0 Å². The molecule has 60 valence electrons. The minimum absolute atomic E-state index is 0.0176. The van der Waals surface area contributed by atoms with E-state index in [-0.39, 0.29) is 17.6 Å². The second kappa shape index (κ2) is 5.35. The molecule has 0 radical (unpaired) electrons. The molecule has 1 fully saturated rings. The quantitative estimate of drug-likeness (QED) is 0.478. The van der Waals surface area contributed by atoms with Gasteiger partial charge in [-0.2, -0.15) is 0 Å². The Labute approximate surface area is 71.4 Å². The molecule has 0 spiro atoms. The van der Waals surface area contributed by atoms with Crippen molar-refractivity contribution in [2.24, 2.45) is 0 Å². The molecule has 4 heteroatoms. The summed E-state index contributed by atoms with van der Waals surface area (Å²) in [5.41, 5.74) is 0. The summed E-state index contributed by atoms with van der Waals surface area (Å²) in [5, 5.41) is 0. The molecule has 1 heterocycles. The van der Waals surface area contributed by atoms with Crippen LogP contribution in [0, 0.1) is 0 Å². The van der Waals surface area contributed by atoms with E-state index in [0.717, 1.165) is 12.5 Å². The number of hydrogen-bond donors (Lipinski definition) is 0. The van der Waals surface area contributed by atoms with Gasteiger partial charge in [-0.05, 0) is 12.8 Å². The lowest BCUT2D eigenvalue weighted by molar-refractivity contribution is 0.335. The largest absolute Gasteiger partial charge is 0.428 e. The first kappa shape index (κ1) is 8.78. The zero-order chi connectivity index (χ0) is 7.23. The summed E-state index contributed by atoms with van der Waals surface area (Å²) in [5.74, 6) is 0.859. The number of rotatable bonds is 3. The van der Waals surface area contributed by atoms with Gasteiger partial charge in [-0.15, -0.1) is 11.6 Å². The van der Waals surface area contributed by atoms with Gasteiger partial charge < -0.3 is 4.43 Å². The molecule has 0 aromatic heterocycles. The lowest BCUT2D eigenvalue weighted by Gasteiger charge is -2.19. The Kier molecular flexibility index (Phi) is 4.70. The Morgan fingerprint density at radius 2 is 2.50 bits per heavy atom. The highest BCUT2D eigenvalue weighted by Gasteiger charge is 2.15. The first-order valence-electron chi connectivity index (χ1n) is 4.07. The molecule has 1 atom stereocenters. The molecule has 1 aliphatic heterocycles. The average Bonchev–Trinajstić information content (AvgIpc) is 2.03. The van der Waals surface area contributed by atoms with Crippen molar-refractivity contribution in [1.29, 1.82) is 0 Å². The average molecular weight is 195 g/mol. The van der Waals surface area contributed by atoms with Gasteiger partial charge in [-0.3, -0.25) is 0 Å². The maximum atomic E-state index is 5.62. The molecule has 1 saturated heterocycles. The minimum atomic E-state index is -0.312. The standard InChI is InChI=1S/C6H15ClOSi2/c7-3-1-5-10-6-2-4-8-9-10/h10H,1-6,9H2. The Hall–Kier alpha value is 0.684. The zero-order valence-corrected chi connectivity index (χ0v) is 9.64. The third-order valence-electron chi connectivity index (χ3n) is 2.00. The van der Waals surface area contributed by atoms with E-state index in [4.69, 9.17) is 16.0 Å². The molecule has 1 aliphatic rings.